The average molecular weight is 272 g/mol. The maximum atomic E-state index is 13.0. The van der Waals surface area contributed by atoms with Crippen LogP contribution in [-0.4, -0.2) is 12.5 Å². The van der Waals surface area contributed by atoms with Gasteiger partial charge in [-0.3, -0.25) is 4.79 Å². The van der Waals surface area contributed by atoms with Gasteiger partial charge in [-0.25, -0.2) is 4.39 Å². The van der Waals surface area contributed by atoms with Crippen LogP contribution in [0.5, 0.6) is 0 Å². The third-order valence-electron chi connectivity index (χ3n) is 3.08. The summed E-state index contributed by atoms with van der Waals surface area (Å²) in [5.74, 6) is -0.584. The number of rotatable bonds is 4. The van der Waals surface area contributed by atoms with Crippen molar-refractivity contribution >= 4 is 11.6 Å². The van der Waals surface area contributed by atoms with Crippen molar-refractivity contribution < 1.29 is 9.18 Å². The fourth-order valence-corrected chi connectivity index (χ4v) is 2.00. The number of amides is 1. The molecule has 2 aromatic rings. The lowest BCUT2D eigenvalue weighted by Gasteiger charge is -2.08. The highest BCUT2D eigenvalue weighted by atomic mass is 19.1. The van der Waals surface area contributed by atoms with Crippen LogP contribution < -0.4 is 11.1 Å². The summed E-state index contributed by atoms with van der Waals surface area (Å²) in [5.41, 5.74) is 8.40. The summed E-state index contributed by atoms with van der Waals surface area (Å²) in [6.07, 6.45) is 0.811. The third kappa shape index (κ3) is 3.42. The Morgan fingerprint density at radius 3 is 2.50 bits per heavy atom. The highest BCUT2D eigenvalue weighted by molar-refractivity contribution is 6.05. The molecular weight excluding hydrogens is 255 g/mol. The van der Waals surface area contributed by atoms with Crippen LogP contribution >= 0.6 is 0 Å². The first-order chi connectivity index (χ1) is 9.60. The van der Waals surface area contributed by atoms with E-state index in [1.807, 2.05) is 24.3 Å². The Morgan fingerprint density at radius 2 is 1.90 bits per heavy atom. The molecule has 0 unspecified atom stereocenters. The van der Waals surface area contributed by atoms with E-state index in [9.17, 15) is 9.18 Å². The summed E-state index contributed by atoms with van der Waals surface area (Å²) >= 11 is 0. The number of nitrogens with two attached hydrogens (primary N) is 1. The van der Waals surface area contributed by atoms with Crippen LogP contribution in [0.3, 0.4) is 0 Å². The fraction of sp³-hybridized carbons (Fsp3) is 0.188. The number of hydrogen-bond acceptors (Lipinski definition) is 2. The van der Waals surface area contributed by atoms with Crippen molar-refractivity contribution in [2.75, 3.05) is 11.9 Å². The first-order valence-electron chi connectivity index (χ1n) is 6.46. The summed E-state index contributed by atoms with van der Waals surface area (Å²) in [4.78, 5) is 12.1. The van der Waals surface area contributed by atoms with E-state index < -0.39 is 0 Å². The van der Waals surface area contributed by atoms with E-state index in [1.165, 1.54) is 18.2 Å². The number of halogens is 1. The van der Waals surface area contributed by atoms with Gasteiger partial charge in [0.05, 0.1) is 0 Å². The molecule has 0 atom stereocenters. The van der Waals surface area contributed by atoms with Crippen molar-refractivity contribution in [1.82, 2.24) is 0 Å². The summed E-state index contributed by atoms with van der Waals surface area (Å²) < 4.78 is 13.0. The number of aryl methyl sites for hydroxylation is 1. The normalized spacial score (nSPS) is 10.3. The first kappa shape index (κ1) is 14.2. The maximum absolute atomic E-state index is 13.0. The van der Waals surface area contributed by atoms with Gasteiger partial charge < -0.3 is 11.1 Å². The van der Waals surface area contributed by atoms with Crippen molar-refractivity contribution in [3.8, 4) is 0 Å². The molecule has 2 aromatic carbocycles. The van der Waals surface area contributed by atoms with Crippen LogP contribution in [0.25, 0.3) is 0 Å². The molecule has 1 amide bonds. The second-order valence-electron chi connectivity index (χ2n) is 4.65. The van der Waals surface area contributed by atoms with E-state index in [-0.39, 0.29) is 11.7 Å². The lowest BCUT2D eigenvalue weighted by Crippen LogP contribution is -2.13. The van der Waals surface area contributed by atoms with Gasteiger partial charge in [0.1, 0.15) is 5.82 Å². The van der Waals surface area contributed by atoms with Gasteiger partial charge in [-0.15, -0.1) is 0 Å². The second-order valence-corrected chi connectivity index (χ2v) is 4.65. The van der Waals surface area contributed by atoms with Crippen molar-refractivity contribution in [2.45, 2.75) is 13.3 Å². The SMILES string of the molecule is Cc1cc(F)ccc1C(=O)Nc1ccc(CCN)cc1. The van der Waals surface area contributed by atoms with Gasteiger partial charge in [-0.1, -0.05) is 12.1 Å². The minimum absolute atomic E-state index is 0.242. The maximum Gasteiger partial charge on any atom is 0.255 e. The van der Waals surface area contributed by atoms with Crippen molar-refractivity contribution in [2.24, 2.45) is 5.73 Å². The van der Waals surface area contributed by atoms with Gasteiger partial charge in [0, 0.05) is 11.3 Å². The Kier molecular flexibility index (Phi) is 4.48. The number of nitrogens with one attached hydrogen (secondary N) is 1. The molecule has 3 nitrogen and oxygen atoms in total. The Labute approximate surface area is 117 Å². The number of hydrogen-bond donors (Lipinski definition) is 2. The van der Waals surface area contributed by atoms with E-state index in [2.05, 4.69) is 5.32 Å². The molecule has 0 aliphatic heterocycles. The molecule has 0 aliphatic carbocycles. The standard InChI is InChI=1S/C16H17FN2O/c1-11-10-13(17)4-7-15(11)16(20)19-14-5-2-12(3-6-14)8-9-18/h2-7,10H,8-9,18H2,1H3,(H,19,20). The van der Waals surface area contributed by atoms with Crippen LogP contribution in [0, 0.1) is 12.7 Å². The van der Waals surface area contributed by atoms with Gasteiger partial charge in [-0.2, -0.15) is 0 Å². The Bertz CT molecular complexity index is 608. The third-order valence-corrected chi connectivity index (χ3v) is 3.08. The molecule has 0 heterocycles. The fourth-order valence-electron chi connectivity index (χ4n) is 2.00. The summed E-state index contributed by atoms with van der Waals surface area (Å²) in [6.45, 7) is 2.31. The predicted molar refractivity (Wildman–Crippen MR) is 78.3 cm³/mol. The summed E-state index contributed by atoms with van der Waals surface area (Å²) in [5, 5.41) is 2.80. The topological polar surface area (TPSA) is 55.1 Å². The van der Waals surface area contributed by atoms with Crippen LogP contribution in [-0.2, 0) is 6.42 Å². The van der Waals surface area contributed by atoms with Gasteiger partial charge in [-0.05, 0) is 61.3 Å². The van der Waals surface area contributed by atoms with E-state index in [0.29, 0.717) is 23.4 Å². The van der Waals surface area contributed by atoms with Gasteiger partial charge >= 0.3 is 0 Å². The summed E-state index contributed by atoms with van der Waals surface area (Å²) in [7, 11) is 0. The van der Waals surface area contributed by atoms with Crippen molar-refractivity contribution in [3.63, 3.8) is 0 Å². The Hall–Kier alpha value is -2.20. The molecule has 0 fully saturated rings. The molecule has 0 spiro atoms. The van der Waals surface area contributed by atoms with E-state index in [0.717, 1.165) is 12.0 Å². The molecule has 20 heavy (non-hydrogen) atoms. The summed E-state index contributed by atoms with van der Waals surface area (Å²) in [6, 6.07) is 11.7. The van der Waals surface area contributed by atoms with Crippen LogP contribution in [0.2, 0.25) is 0 Å². The Morgan fingerprint density at radius 1 is 1.20 bits per heavy atom. The quantitative estimate of drug-likeness (QED) is 0.899. The number of benzene rings is 2. The molecule has 0 saturated heterocycles. The lowest BCUT2D eigenvalue weighted by molar-refractivity contribution is 0.102. The van der Waals surface area contributed by atoms with E-state index in [4.69, 9.17) is 5.73 Å². The van der Waals surface area contributed by atoms with Gasteiger partial charge in [0.15, 0.2) is 0 Å². The molecule has 2 rings (SSSR count). The van der Waals surface area contributed by atoms with Crippen LogP contribution in [0.1, 0.15) is 21.5 Å². The molecule has 0 radical (unpaired) electrons. The van der Waals surface area contributed by atoms with E-state index in [1.54, 1.807) is 6.92 Å². The molecular formula is C16H17FN2O. The van der Waals surface area contributed by atoms with Crippen LogP contribution in [0.15, 0.2) is 42.5 Å². The molecule has 4 heteroatoms. The highest BCUT2D eigenvalue weighted by Crippen LogP contribution is 2.14. The second kappa shape index (κ2) is 6.30. The molecule has 0 aromatic heterocycles. The smallest absolute Gasteiger partial charge is 0.255 e. The Balaban J connectivity index is 2.11. The van der Waals surface area contributed by atoms with Gasteiger partial charge in [0.25, 0.3) is 5.91 Å². The zero-order chi connectivity index (χ0) is 14.5. The van der Waals surface area contributed by atoms with Crippen molar-refractivity contribution in [3.05, 3.63) is 65.0 Å². The van der Waals surface area contributed by atoms with Crippen LogP contribution in [0.4, 0.5) is 10.1 Å². The molecule has 0 saturated carbocycles. The minimum atomic E-state index is -0.342. The van der Waals surface area contributed by atoms with E-state index >= 15 is 0 Å². The number of carbonyl (C=O) groups is 1. The predicted octanol–water partition coefficient (Wildman–Crippen LogP) is 2.89. The molecule has 0 bridgehead atoms. The average Bonchev–Trinajstić information content (AvgIpc) is 2.41. The number of carbonyl (C=O) groups excluding carboxylic acids is 1. The zero-order valence-corrected chi connectivity index (χ0v) is 11.3. The zero-order valence-electron chi connectivity index (χ0n) is 11.3. The number of anilines is 1. The molecule has 104 valence electrons. The van der Waals surface area contributed by atoms with Crippen molar-refractivity contribution in [1.29, 1.82) is 0 Å². The monoisotopic (exact) mass is 272 g/mol. The van der Waals surface area contributed by atoms with Gasteiger partial charge in [0.2, 0.25) is 0 Å². The molecule has 0 aliphatic rings. The minimum Gasteiger partial charge on any atom is -0.330 e. The largest absolute Gasteiger partial charge is 0.330 e. The first-order valence-corrected chi connectivity index (χ1v) is 6.46. The lowest BCUT2D eigenvalue weighted by atomic mass is 10.1. The highest BCUT2D eigenvalue weighted by Gasteiger charge is 2.09. The molecule has 3 N–H and O–H groups in total.